The van der Waals surface area contributed by atoms with Gasteiger partial charge < -0.3 is 9.13 Å². The molecule has 0 saturated heterocycles. The fourth-order valence-electron chi connectivity index (χ4n) is 5.89. The Bertz CT molecular complexity index is 2210. The Morgan fingerprint density at radius 3 is 1.60 bits per heavy atom. The molecule has 0 spiro atoms. The number of hydrogen-bond acceptors (Lipinski definition) is 2. The van der Waals surface area contributed by atoms with E-state index < -0.39 is 11.7 Å². The zero-order valence-electron chi connectivity index (χ0n) is 20.7. The first-order valence-electron chi connectivity index (χ1n) is 12.5. The van der Waals surface area contributed by atoms with Gasteiger partial charge in [0.05, 0.1) is 50.1 Å². The van der Waals surface area contributed by atoms with Crippen molar-refractivity contribution in [3.8, 4) is 23.5 Å². The van der Waals surface area contributed by atoms with Gasteiger partial charge in [-0.15, -0.1) is 0 Å². The zero-order valence-corrected chi connectivity index (χ0v) is 20.7. The van der Waals surface area contributed by atoms with Crippen molar-refractivity contribution in [2.75, 3.05) is 0 Å². The van der Waals surface area contributed by atoms with Crippen molar-refractivity contribution in [2.45, 2.75) is 6.18 Å². The van der Waals surface area contributed by atoms with E-state index in [0.29, 0.717) is 27.8 Å². The second kappa shape index (κ2) is 8.49. The van der Waals surface area contributed by atoms with E-state index in [1.165, 1.54) is 12.1 Å². The molecule has 0 aliphatic carbocycles. The summed E-state index contributed by atoms with van der Waals surface area (Å²) >= 11 is 0. The highest BCUT2D eigenvalue weighted by Crippen LogP contribution is 2.44. The van der Waals surface area contributed by atoms with Crippen LogP contribution in [-0.2, 0) is 6.18 Å². The Morgan fingerprint density at radius 2 is 1.02 bits per heavy atom. The Hall–Kier alpha value is -5.53. The molecule has 40 heavy (non-hydrogen) atoms. The van der Waals surface area contributed by atoms with Crippen LogP contribution in [0.25, 0.3) is 55.0 Å². The Balaban J connectivity index is 1.72. The second-order valence-electron chi connectivity index (χ2n) is 9.50. The molecule has 0 amide bonds. The van der Waals surface area contributed by atoms with E-state index >= 15 is 0 Å². The molecule has 5 aromatic carbocycles. The first kappa shape index (κ1) is 23.6. The van der Waals surface area contributed by atoms with Crippen LogP contribution in [0.4, 0.5) is 13.2 Å². The minimum absolute atomic E-state index is 0.0471. The van der Waals surface area contributed by atoms with Gasteiger partial charge in [0, 0.05) is 21.5 Å². The highest BCUT2D eigenvalue weighted by atomic mass is 19.4. The number of benzene rings is 5. The summed E-state index contributed by atoms with van der Waals surface area (Å²) in [5.74, 6) is 0. The molecule has 0 aliphatic heterocycles. The van der Waals surface area contributed by atoms with E-state index in [9.17, 15) is 23.7 Å². The molecule has 0 fully saturated rings. The first-order valence-corrected chi connectivity index (χ1v) is 12.5. The molecule has 4 nitrogen and oxygen atoms in total. The van der Waals surface area contributed by atoms with E-state index in [2.05, 4.69) is 12.1 Å². The maximum Gasteiger partial charge on any atom is 0.418 e. The van der Waals surface area contributed by atoms with Gasteiger partial charge in [-0.25, -0.2) is 0 Å². The monoisotopic (exact) mass is 526 g/mol. The lowest BCUT2D eigenvalue weighted by molar-refractivity contribution is -0.137. The number of nitriles is 2. The van der Waals surface area contributed by atoms with Gasteiger partial charge in [-0.2, -0.15) is 23.7 Å². The molecular weight excluding hydrogens is 509 g/mol. The van der Waals surface area contributed by atoms with E-state index in [-0.39, 0.29) is 5.69 Å². The summed E-state index contributed by atoms with van der Waals surface area (Å²) < 4.78 is 46.1. The summed E-state index contributed by atoms with van der Waals surface area (Å²) in [6.45, 7) is 0. The third-order valence-corrected chi connectivity index (χ3v) is 7.42. The van der Waals surface area contributed by atoms with Gasteiger partial charge in [0.2, 0.25) is 0 Å². The van der Waals surface area contributed by atoms with Crippen molar-refractivity contribution in [3.05, 3.63) is 120 Å². The minimum Gasteiger partial charge on any atom is -0.309 e. The summed E-state index contributed by atoms with van der Waals surface area (Å²) in [6.07, 6.45) is -4.54. The van der Waals surface area contributed by atoms with Gasteiger partial charge in [-0.05, 0) is 48.5 Å². The number of para-hydroxylation sites is 4. The molecule has 7 heteroatoms. The summed E-state index contributed by atoms with van der Waals surface area (Å²) in [7, 11) is 0. The molecule has 0 atom stereocenters. The first-order chi connectivity index (χ1) is 19.4. The van der Waals surface area contributed by atoms with Crippen molar-refractivity contribution >= 4 is 43.6 Å². The number of alkyl halides is 3. The van der Waals surface area contributed by atoms with Gasteiger partial charge in [-0.3, -0.25) is 0 Å². The van der Waals surface area contributed by atoms with Crippen LogP contribution in [0, 0.1) is 22.7 Å². The van der Waals surface area contributed by atoms with Crippen molar-refractivity contribution in [3.63, 3.8) is 0 Å². The van der Waals surface area contributed by atoms with Gasteiger partial charge >= 0.3 is 6.18 Å². The summed E-state index contributed by atoms with van der Waals surface area (Å²) in [4.78, 5) is 0. The van der Waals surface area contributed by atoms with E-state index in [1.54, 1.807) is 28.8 Å². The van der Waals surface area contributed by atoms with E-state index in [4.69, 9.17) is 0 Å². The van der Waals surface area contributed by atoms with Crippen molar-refractivity contribution < 1.29 is 13.2 Å². The molecule has 0 bridgehead atoms. The Kier molecular flexibility index (Phi) is 5.00. The lowest BCUT2D eigenvalue weighted by Crippen LogP contribution is -2.10. The maximum atomic E-state index is 14.2. The summed E-state index contributed by atoms with van der Waals surface area (Å²) in [5, 5.41) is 23.2. The maximum absolute atomic E-state index is 14.2. The SMILES string of the molecule is N#Cc1cccc(C#N)c1-n1c2ccccc2c2c3c4ccccc4n(-c4ccccc4C(F)(F)F)c3ccc21. The van der Waals surface area contributed by atoms with Crippen LogP contribution >= 0.6 is 0 Å². The van der Waals surface area contributed by atoms with E-state index in [0.717, 1.165) is 38.6 Å². The van der Waals surface area contributed by atoms with E-state index in [1.807, 2.05) is 65.2 Å². The summed E-state index contributed by atoms with van der Waals surface area (Å²) in [5.41, 5.74) is 3.32. The van der Waals surface area contributed by atoms with Crippen molar-refractivity contribution in [2.24, 2.45) is 0 Å². The highest BCUT2D eigenvalue weighted by molar-refractivity contribution is 6.29. The number of nitrogens with zero attached hydrogens (tertiary/aromatic N) is 4. The average Bonchev–Trinajstić information content (AvgIpc) is 3.49. The third-order valence-electron chi connectivity index (χ3n) is 7.42. The molecule has 0 saturated carbocycles. The molecule has 0 N–H and O–H groups in total. The van der Waals surface area contributed by atoms with Gasteiger partial charge in [0.25, 0.3) is 0 Å². The normalized spacial score (nSPS) is 11.8. The van der Waals surface area contributed by atoms with Gasteiger partial charge in [0.1, 0.15) is 12.1 Å². The number of aromatic nitrogens is 2. The molecule has 2 aromatic heterocycles. The minimum atomic E-state index is -4.54. The number of halogens is 3. The lowest BCUT2D eigenvalue weighted by atomic mass is 10.1. The molecule has 190 valence electrons. The van der Waals surface area contributed by atoms with Crippen molar-refractivity contribution in [1.29, 1.82) is 10.5 Å². The third kappa shape index (κ3) is 3.19. The predicted octanol–water partition coefficient (Wildman–Crippen LogP) is 8.64. The van der Waals surface area contributed by atoms with Crippen LogP contribution in [0.5, 0.6) is 0 Å². The Labute approximate surface area is 225 Å². The largest absolute Gasteiger partial charge is 0.418 e. The van der Waals surface area contributed by atoms with Crippen LogP contribution in [0.15, 0.2) is 103 Å². The molecule has 7 rings (SSSR count). The molecule has 7 aromatic rings. The zero-order chi connectivity index (χ0) is 27.6. The molecular formula is C33H17F3N4. The molecule has 0 unspecified atom stereocenters. The quantitative estimate of drug-likeness (QED) is 0.226. The lowest BCUT2D eigenvalue weighted by Gasteiger charge is -2.15. The van der Waals surface area contributed by atoms with Crippen LogP contribution in [-0.4, -0.2) is 9.13 Å². The smallest absolute Gasteiger partial charge is 0.309 e. The second-order valence-corrected chi connectivity index (χ2v) is 9.50. The fourth-order valence-corrected chi connectivity index (χ4v) is 5.89. The van der Waals surface area contributed by atoms with Crippen molar-refractivity contribution in [1.82, 2.24) is 9.13 Å². The van der Waals surface area contributed by atoms with Crippen LogP contribution in [0.1, 0.15) is 16.7 Å². The van der Waals surface area contributed by atoms with Crippen LogP contribution < -0.4 is 0 Å². The molecule has 0 radical (unpaired) electrons. The number of rotatable bonds is 2. The topological polar surface area (TPSA) is 57.4 Å². The number of fused-ring (bicyclic) bond motifs is 7. The number of hydrogen-bond donors (Lipinski definition) is 0. The highest BCUT2D eigenvalue weighted by Gasteiger charge is 2.34. The average molecular weight is 527 g/mol. The molecule has 2 heterocycles. The molecule has 0 aliphatic rings. The van der Waals surface area contributed by atoms with Gasteiger partial charge in [-0.1, -0.05) is 54.6 Å². The predicted molar refractivity (Wildman–Crippen MR) is 150 cm³/mol. The Morgan fingerprint density at radius 1 is 0.525 bits per heavy atom. The van der Waals surface area contributed by atoms with Gasteiger partial charge in [0.15, 0.2) is 0 Å². The van der Waals surface area contributed by atoms with Crippen LogP contribution in [0.3, 0.4) is 0 Å². The van der Waals surface area contributed by atoms with Crippen LogP contribution in [0.2, 0.25) is 0 Å². The standard InChI is InChI=1S/C33H17F3N4/c34-33(35,36)24-12-3-6-15-27(24)39-25-13-4-1-10-22(25)30-28(39)16-17-29-31(30)23-11-2-5-14-26(23)40(29)32-20(18-37)8-7-9-21(32)19-38/h1-17H. The fraction of sp³-hybridized carbons (Fsp3) is 0.0303. The summed E-state index contributed by atoms with van der Waals surface area (Å²) in [6, 6.07) is 33.9.